The van der Waals surface area contributed by atoms with E-state index in [1.807, 2.05) is 0 Å². The van der Waals surface area contributed by atoms with Gasteiger partial charge in [0.25, 0.3) is 0 Å². The molecule has 0 atom stereocenters. The molecule has 0 radical (unpaired) electrons. The molecule has 2 rings (SSSR count). The van der Waals surface area contributed by atoms with E-state index < -0.39 is 4.92 Å². The fourth-order valence-electron chi connectivity index (χ4n) is 1.61. The van der Waals surface area contributed by atoms with Crippen LogP contribution in [0.2, 0.25) is 5.02 Å². The Kier molecular flexibility index (Phi) is 4.73. The smallest absolute Gasteiger partial charge is 0.312 e. The lowest BCUT2D eigenvalue weighted by atomic mass is 10.2. The Morgan fingerprint density at radius 2 is 2.10 bits per heavy atom. The molecular weight excluding hydrogens is 296 g/mol. The van der Waals surface area contributed by atoms with Gasteiger partial charge in [-0.25, -0.2) is 0 Å². The van der Waals surface area contributed by atoms with Crippen LogP contribution in [0.1, 0.15) is 5.56 Å². The number of halogens is 1. The molecule has 0 heterocycles. The fourth-order valence-corrected chi connectivity index (χ4v) is 1.79. The Morgan fingerprint density at radius 3 is 2.76 bits per heavy atom. The summed E-state index contributed by atoms with van der Waals surface area (Å²) >= 11 is 5.85. The predicted octanol–water partition coefficient (Wildman–Crippen LogP) is 4.02. The summed E-state index contributed by atoms with van der Waals surface area (Å²) in [6.07, 6.45) is 1.37. The largest absolute Gasteiger partial charge is 0.450 e. The number of nitro benzene ring substituents is 1. The molecule has 0 aliphatic rings. The molecule has 0 fully saturated rings. The monoisotopic (exact) mass is 306 g/mol. The van der Waals surface area contributed by atoms with Crippen molar-refractivity contribution in [2.24, 2.45) is 5.16 Å². The number of nitro groups is 1. The lowest BCUT2D eigenvalue weighted by Crippen LogP contribution is -1.95. The van der Waals surface area contributed by atoms with E-state index in [9.17, 15) is 10.1 Å². The van der Waals surface area contributed by atoms with E-state index in [0.29, 0.717) is 16.3 Å². The summed E-state index contributed by atoms with van der Waals surface area (Å²) in [5, 5.41) is 15.2. The Hall–Kier alpha value is -2.60. The Bertz CT molecular complexity index is 688. The number of nitrogens with zero attached hydrogens (tertiary/aromatic N) is 2. The lowest BCUT2D eigenvalue weighted by Gasteiger charge is -2.07. The number of rotatable bonds is 5. The van der Waals surface area contributed by atoms with Crippen molar-refractivity contribution in [3.63, 3.8) is 0 Å². The Balaban J connectivity index is 2.34. The van der Waals surface area contributed by atoms with E-state index in [2.05, 4.69) is 9.99 Å². The number of hydrogen-bond donors (Lipinski definition) is 0. The fraction of sp³-hybridized carbons (Fsp3) is 0.0714. The lowest BCUT2D eigenvalue weighted by molar-refractivity contribution is -0.385. The van der Waals surface area contributed by atoms with Gasteiger partial charge in [-0.15, -0.1) is 0 Å². The quantitative estimate of drug-likeness (QED) is 0.475. The molecule has 0 N–H and O–H groups in total. The van der Waals surface area contributed by atoms with Gasteiger partial charge in [0.05, 0.1) is 11.1 Å². The van der Waals surface area contributed by atoms with Crippen LogP contribution in [0.5, 0.6) is 11.5 Å². The molecule has 0 saturated heterocycles. The average molecular weight is 307 g/mol. The second-order valence-corrected chi connectivity index (χ2v) is 4.40. The summed E-state index contributed by atoms with van der Waals surface area (Å²) in [6, 6.07) is 11.1. The van der Waals surface area contributed by atoms with Crippen molar-refractivity contribution in [1.82, 2.24) is 0 Å². The number of oxime groups is 1. The molecule has 0 amide bonds. The van der Waals surface area contributed by atoms with E-state index >= 15 is 0 Å². The molecule has 0 bridgehead atoms. The third-order valence-corrected chi connectivity index (χ3v) is 2.75. The van der Waals surface area contributed by atoms with Crippen LogP contribution in [0.3, 0.4) is 0 Å². The van der Waals surface area contributed by atoms with Crippen LogP contribution in [0.25, 0.3) is 0 Å². The van der Waals surface area contributed by atoms with Crippen molar-refractivity contribution in [3.05, 3.63) is 63.2 Å². The van der Waals surface area contributed by atoms with E-state index in [-0.39, 0.29) is 11.4 Å². The van der Waals surface area contributed by atoms with Crippen LogP contribution in [0.15, 0.2) is 47.6 Å². The van der Waals surface area contributed by atoms with Crippen LogP contribution < -0.4 is 4.74 Å². The summed E-state index contributed by atoms with van der Waals surface area (Å²) in [5.41, 5.74) is 0.358. The summed E-state index contributed by atoms with van der Waals surface area (Å²) in [5.74, 6) is 0.542. The van der Waals surface area contributed by atoms with Gasteiger partial charge in [0.1, 0.15) is 12.9 Å². The van der Waals surface area contributed by atoms with Crippen molar-refractivity contribution in [3.8, 4) is 11.5 Å². The maximum Gasteiger partial charge on any atom is 0.312 e. The number of ether oxygens (including phenoxy) is 1. The summed E-state index contributed by atoms with van der Waals surface area (Å²) in [4.78, 5) is 15.1. The zero-order valence-corrected chi connectivity index (χ0v) is 11.8. The zero-order valence-electron chi connectivity index (χ0n) is 11.0. The van der Waals surface area contributed by atoms with E-state index in [1.165, 1.54) is 25.5 Å². The third-order valence-electron chi connectivity index (χ3n) is 2.51. The second-order valence-electron chi connectivity index (χ2n) is 3.96. The topological polar surface area (TPSA) is 74.0 Å². The van der Waals surface area contributed by atoms with Gasteiger partial charge in [-0.3, -0.25) is 10.1 Å². The first-order valence-corrected chi connectivity index (χ1v) is 6.26. The van der Waals surface area contributed by atoms with Crippen LogP contribution in [0, 0.1) is 10.1 Å². The first kappa shape index (κ1) is 14.8. The van der Waals surface area contributed by atoms with Gasteiger partial charge in [-0.2, -0.15) is 0 Å². The molecule has 0 saturated carbocycles. The minimum Gasteiger partial charge on any atom is -0.450 e. The highest BCUT2D eigenvalue weighted by atomic mass is 35.5. The zero-order chi connectivity index (χ0) is 15.2. The normalized spacial score (nSPS) is 10.6. The van der Waals surface area contributed by atoms with Gasteiger partial charge in [0.15, 0.2) is 0 Å². The van der Waals surface area contributed by atoms with Gasteiger partial charge in [-0.05, 0) is 30.3 Å². The van der Waals surface area contributed by atoms with Gasteiger partial charge >= 0.3 is 5.69 Å². The van der Waals surface area contributed by atoms with Crippen LogP contribution >= 0.6 is 11.6 Å². The highest BCUT2D eigenvalue weighted by molar-refractivity contribution is 6.30. The average Bonchev–Trinajstić information content (AvgIpc) is 2.46. The molecule has 21 heavy (non-hydrogen) atoms. The molecule has 2 aromatic carbocycles. The molecule has 108 valence electrons. The van der Waals surface area contributed by atoms with Crippen LogP contribution in [-0.2, 0) is 4.84 Å². The molecule has 0 unspecified atom stereocenters. The summed E-state index contributed by atoms with van der Waals surface area (Å²) in [7, 11) is 1.39. The summed E-state index contributed by atoms with van der Waals surface area (Å²) in [6.45, 7) is 0. The van der Waals surface area contributed by atoms with Crippen LogP contribution in [-0.4, -0.2) is 18.2 Å². The third kappa shape index (κ3) is 3.93. The highest BCUT2D eigenvalue weighted by Crippen LogP contribution is 2.32. The Labute approximate surface area is 125 Å². The van der Waals surface area contributed by atoms with Crippen molar-refractivity contribution < 1.29 is 14.5 Å². The van der Waals surface area contributed by atoms with Gasteiger partial charge in [0.2, 0.25) is 5.75 Å². The highest BCUT2D eigenvalue weighted by Gasteiger charge is 2.16. The first-order valence-electron chi connectivity index (χ1n) is 5.88. The predicted molar refractivity (Wildman–Crippen MR) is 79.2 cm³/mol. The van der Waals surface area contributed by atoms with Crippen molar-refractivity contribution >= 4 is 23.5 Å². The molecule has 6 nitrogen and oxygen atoms in total. The molecule has 2 aromatic rings. The first-order chi connectivity index (χ1) is 10.1. The molecule has 0 aromatic heterocycles. The molecule has 0 aliphatic carbocycles. The maximum absolute atomic E-state index is 11.1. The standard InChI is InChI=1S/C14H11ClN2O4/c1-20-16-9-10-5-6-14(13(7-10)17(18)19)21-12-4-2-3-11(15)8-12/h2-9H,1H3/b16-9+. The molecule has 0 spiro atoms. The molecule has 7 heteroatoms. The van der Waals surface area contributed by atoms with E-state index in [0.717, 1.165) is 0 Å². The van der Waals surface area contributed by atoms with Crippen molar-refractivity contribution in [2.75, 3.05) is 7.11 Å². The SMILES string of the molecule is CO/N=C/c1ccc(Oc2cccc(Cl)c2)c([N+](=O)[O-])c1. The maximum atomic E-state index is 11.1. The van der Waals surface area contributed by atoms with E-state index in [1.54, 1.807) is 30.3 Å². The number of hydrogen-bond acceptors (Lipinski definition) is 5. The molecular formula is C14H11ClN2O4. The second kappa shape index (κ2) is 6.71. The van der Waals surface area contributed by atoms with Gasteiger partial charge in [0, 0.05) is 16.7 Å². The van der Waals surface area contributed by atoms with Crippen molar-refractivity contribution in [1.29, 1.82) is 0 Å². The molecule has 0 aliphatic heterocycles. The van der Waals surface area contributed by atoms with Gasteiger partial charge in [-0.1, -0.05) is 22.8 Å². The Morgan fingerprint density at radius 1 is 1.29 bits per heavy atom. The minimum absolute atomic E-state index is 0.122. The van der Waals surface area contributed by atoms with Crippen molar-refractivity contribution in [2.45, 2.75) is 0 Å². The van der Waals surface area contributed by atoms with E-state index in [4.69, 9.17) is 16.3 Å². The van der Waals surface area contributed by atoms with Crippen LogP contribution in [0.4, 0.5) is 5.69 Å². The van der Waals surface area contributed by atoms with Gasteiger partial charge < -0.3 is 9.57 Å². The minimum atomic E-state index is -0.524. The summed E-state index contributed by atoms with van der Waals surface area (Å²) < 4.78 is 5.51. The number of benzene rings is 2.